The summed E-state index contributed by atoms with van der Waals surface area (Å²) in [7, 11) is 0. The van der Waals surface area contributed by atoms with Crippen LogP contribution in [0.5, 0.6) is 0 Å². The number of esters is 1. The van der Waals surface area contributed by atoms with Crippen LogP contribution in [0.3, 0.4) is 0 Å². The van der Waals surface area contributed by atoms with Crippen molar-refractivity contribution in [2.45, 2.75) is 103 Å². The van der Waals surface area contributed by atoms with Gasteiger partial charge in [-0.3, -0.25) is 4.79 Å². The molecule has 0 saturated heterocycles. The molecule has 0 bridgehead atoms. The number of carbonyl (C=O) groups is 1. The van der Waals surface area contributed by atoms with Gasteiger partial charge in [0.2, 0.25) is 0 Å². The molecule has 2 unspecified atom stereocenters. The standard InChI is InChI=1S/C23H44O6/c1-2-11-20(18-22(27)19-25)14-15-21(26)12-9-7-5-3-4-6-8-10-13-23(28)29-17-16-24/h7,9,20-22,24-27H,2-6,8,10-19H2,1H3/b9-7-/t20?,21-,22?/m0/s1. The summed E-state index contributed by atoms with van der Waals surface area (Å²) in [5.74, 6) is 0.128. The molecule has 6 heteroatoms. The molecule has 0 aliphatic heterocycles. The summed E-state index contributed by atoms with van der Waals surface area (Å²) in [4.78, 5) is 11.3. The molecule has 0 heterocycles. The molecule has 4 N–H and O–H groups in total. The van der Waals surface area contributed by atoms with E-state index in [1.807, 2.05) is 0 Å². The molecular formula is C23H44O6. The fourth-order valence-electron chi connectivity index (χ4n) is 3.46. The van der Waals surface area contributed by atoms with E-state index < -0.39 is 6.10 Å². The molecule has 0 radical (unpaired) electrons. The van der Waals surface area contributed by atoms with Gasteiger partial charge in [-0.2, -0.15) is 0 Å². The highest BCUT2D eigenvalue weighted by atomic mass is 16.5. The average Bonchev–Trinajstić information content (AvgIpc) is 2.71. The van der Waals surface area contributed by atoms with Crippen molar-refractivity contribution in [3.8, 4) is 0 Å². The minimum absolute atomic E-state index is 0.0893. The molecular weight excluding hydrogens is 372 g/mol. The minimum atomic E-state index is -0.649. The van der Waals surface area contributed by atoms with Gasteiger partial charge in [0.15, 0.2) is 0 Å². The molecule has 0 amide bonds. The Labute approximate surface area is 177 Å². The molecule has 172 valence electrons. The number of unbranched alkanes of at least 4 members (excludes halogenated alkanes) is 5. The maximum absolute atomic E-state index is 11.3. The highest BCUT2D eigenvalue weighted by Crippen LogP contribution is 2.21. The van der Waals surface area contributed by atoms with Crippen LogP contribution in [0, 0.1) is 5.92 Å². The van der Waals surface area contributed by atoms with Gasteiger partial charge < -0.3 is 25.2 Å². The van der Waals surface area contributed by atoms with Crippen LogP contribution in [0.1, 0.15) is 90.4 Å². The molecule has 0 fully saturated rings. The first-order valence-corrected chi connectivity index (χ1v) is 11.4. The second-order valence-corrected chi connectivity index (χ2v) is 7.92. The Hall–Kier alpha value is -0.950. The van der Waals surface area contributed by atoms with E-state index in [4.69, 9.17) is 14.9 Å². The van der Waals surface area contributed by atoms with E-state index in [9.17, 15) is 15.0 Å². The molecule has 0 aliphatic carbocycles. The molecule has 29 heavy (non-hydrogen) atoms. The van der Waals surface area contributed by atoms with E-state index in [1.165, 1.54) is 0 Å². The van der Waals surface area contributed by atoms with Crippen LogP contribution in [0.15, 0.2) is 12.2 Å². The first-order chi connectivity index (χ1) is 14.0. The van der Waals surface area contributed by atoms with Gasteiger partial charge in [0.05, 0.1) is 25.4 Å². The first-order valence-electron chi connectivity index (χ1n) is 11.4. The smallest absolute Gasteiger partial charge is 0.305 e. The second kappa shape index (κ2) is 20.3. The van der Waals surface area contributed by atoms with Crippen molar-refractivity contribution in [3.63, 3.8) is 0 Å². The van der Waals surface area contributed by atoms with Crippen LogP contribution >= 0.6 is 0 Å². The summed E-state index contributed by atoms with van der Waals surface area (Å²) < 4.78 is 4.81. The fourth-order valence-corrected chi connectivity index (χ4v) is 3.46. The Morgan fingerprint density at radius 1 is 0.931 bits per heavy atom. The maximum Gasteiger partial charge on any atom is 0.305 e. The molecule has 0 aromatic carbocycles. The van der Waals surface area contributed by atoms with Crippen molar-refractivity contribution in [3.05, 3.63) is 12.2 Å². The molecule has 3 atom stereocenters. The largest absolute Gasteiger partial charge is 0.463 e. The summed E-state index contributed by atoms with van der Waals surface area (Å²) in [5.41, 5.74) is 0. The van der Waals surface area contributed by atoms with Gasteiger partial charge in [-0.1, -0.05) is 51.2 Å². The van der Waals surface area contributed by atoms with Gasteiger partial charge in [-0.25, -0.2) is 0 Å². The minimum Gasteiger partial charge on any atom is -0.463 e. The van der Waals surface area contributed by atoms with E-state index >= 15 is 0 Å². The number of carbonyl (C=O) groups excluding carboxylic acids is 1. The monoisotopic (exact) mass is 416 g/mol. The second-order valence-electron chi connectivity index (χ2n) is 7.92. The number of aliphatic hydroxyl groups excluding tert-OH is 4. The Balaban J connectivity index is 3.64. The lowest BCUT2D eigenvalue weighted by Gasteiger charge is -2.20. The predicted octanol–water partition coefficient (Wildman–Crippen LogP) is 3.50. The SMILES string of the molecule is CCCC(CC[C@@H](O)C/C=C\CCCCCCCC(=O)OCCO)CC(O)CO. The molecule has 0 rings (SSSR count). The zero-order chi connectivity index (χ0) is 21.7. The highest BCUT2D eigenvalue weighted by molar-refractivity contribution is 5.69. The fraction of sp³-hybridized carbons (Fsp3) is 0.870. The van der Waals surface area contributed by atoms with Crippen LogP contribution in [-0.2, 0) is 9.53 Å². The number of allylic oxidation sites excluding steroid dienone is 1. The molecule has 0 aromatic rings. The summed E-state index contributed by atoms with van der Waals surface area (Å²) in [6.45, 7) is 1.89. The molecule has 0 saturated carbocycles. The van der Waals surface area contributed by atoms with Crippen LogP contribution < -0.4 is 0 Å². The normalized spacial score (nSPS) is 14.8. The topological polar surface area (TPSA) is 107 Å². The van der Waals surface area contributed by atoms with Crippen molar-refractivity contribution in [1.29, 1.82) is 0 Å². The van der Waals surface area contributed by atoms with Gasteiger partial charge in [-0.05, 0) is 50.9 Å². The quantitative estimate of drug-likeness (QED) is 0.137. The van der Waals surface area contributed by atoms with Crippen LogP contribution in [0.4, 0.5) is 0 Å². The molecule has 0 aliphatic rings. The van der Waals surface area contributed by atoms with E-state index in [0.717, 1.165) is 64.2 Å². The molecule has 0 aromatic heterocycles. The highest BCUT2D eigenvalue weighted by Gasteiger charge is 2.15. The number of hydrogen-bond acceptors (Lipinski definition) is 6. The van der Waals surface area contributed by atoms with Gasteiger partial charge in [0, 0.05) is 6.42 Å². The van der Waals surface area contributed by atoms with Gasteiger partial charge >= 0.3 is 5.97 Å². The number of rotatable bonds is 20. The lowest BCUT2D eigenvalue weighted by molar-refractivity contribution is -0.144. The summed E-state index contributed by atoms with van der Waals surface area (Å²) in [6, 6.07) is 0. The third-order valence-electron chi connectivity index (χ3n) is 5.10. The third-order valence-corrected chi connectivity index (χ3v) is 5.10. The molecule has 0 spiro atoms. The van der Waals surface area contributed by atoms with Gasteiger partial charge in [0.25, 0.3) is 0 Å². The van der Waals surface area contributed by atoms with Gasteiger partial charge in [0.1, 0.15) is 6.61 Å². The Kier molecular flexibility index (Phi) is 19.7. The van der Waals surface area contributed by atoms with Crippen LogP contribution in [0.2, 0.25) is 0 Å². The van der Waals surface area contributed by atoms with E-state index in [1.54, 1.807) is 0 Å². The van der Waals surface area contributed by atoms with Crippen molar-refractivity contribution < 1.29 is 30.0 Å². The average molecular weight is 417 g/mol. The lowest BCUT2D eigenvalue weighted by atomic mass is 9.90. The summed E-state index contributed by atoms with van der Waals surface area (Å²) >= 11 is 0. The molecule has 6 nitrogen and oxygen atoms in total. The lowest BCUT2D eigenvalue weighted by Crippen LogP contribution is -2.19. The van der Waals surface area contributed by atoms with E-state index in [2.05, 4.69) is 19.1 Å². The summed E-state index contributed by atoms with van der Waals surface area (Å²) in [6.07, 6.45) is 14.8. The number of ether oxygens (including phenoxy) is 1. The Morgan fingerprint density at radius 2 is 1.66 bits per heavy atom. The predicted molar refractivity (Wildman–Crippen MR) is 115 cm³/mol. The summed E-state index contributed by atoms with van der Waals surface area (Å²) in [5, 5.41) is 37.3. The van der Waals surface area contributed by atoms with Crippen molar-refractivity contribution >= 4 is 5.97 Å². The van der Waals surface area contributed by atoms with E-state index in [-0.39, 0.29) is 31.9 Å². The van der Waals surface area contributed by atoms with Gasteiger partial charge in [-0.15, -0.1) is 0 Å². The Bertz CT molecular complexity index is 399. The van der Waals surface area contributed by atoms with Crippen LogP contribution in [-0.4, -0.2) is 58.4 Å². The Morgan fingerprint density at radius 3 is 2.34 bits per heavy atom. The maximum atomic E-state index is 11.3. The third kappa shape index (κ3) is 18.8. The zero-order valence-electron chi connectivity index (χ0n) is 18.3. The zero-order valence-corrected chi connectivity index (χ0v) is 18.3. The van der Waals surface area contributed by atoms with Crippen molar-refractivity contribution in [1.82, 2.24) is 0 Å². The first kappa shape index (κ1) is 28.1. The van der Waals surface area contributed by atoms with E-state index in [0.29, 0.717) is 25.2 Å². The number of aliphatic hydroxyl groups is 4. The van der Waals surface area contributed by atoms with Crippen molar-refractivity contribution in [2.24, 2.45) is 5.92 Å². The number of hydrogen-bond donors (Lipinski definition) is 4. The van der Waals surface area contributed by atoms with Crippen molar-refractivity contribution in [2.75, 3.05) is 19.8 Å². The van der Waals surface area contributed by atoms with Crippen LogP contribution in [0.25, 0.3) is 0 Å².